The number of ether oxygens (including phenoxy) is 1. The standard InChI is InChI=1S/C21H23N5O4S/c1-3-11-30-17-10-9-13(26(28)29)12-15(17)19-22-16-8-6-5-7-14(16)18-20(27)23-21(31-4-2)24-25(18)19/h5-10,12,18-19,22H,3-4,11H2,1-2H3,(H,23,24,27)/t18-,19+/m1/s1. The highest BCUT2D eigenvalue weighted by Crippen LogP contribution is 2.45. The number of amidine groups is 1. The Morgan fingerprint density at radius 1 is 1.23 bits per heavy atom. The molecule has 0 aliphatic carbocycles. The van der Waals surface area contributed by atoms with Crippen molar-refractivity contribution in [3.63, 3.8) is 0 Å². The number of benzene rings is 2. The number of carbonyl (C=O) groups is 1. The van der Waals surface area contributed by atoms with E-state index < -0.39 is 17.1 Å². The van der Waals surface area contributed by atoms with Crippen molar-refractivity contribution in [3.05, 3.63) is 63.7 Å². The zero-order chi connectivity index (χ0) is 22.0. The van der Waals surface area contributed by atoms with Crippen LogP contribution in [0.5, 0.6) is 5.75 Å². The van der Waals surface area contributed by atoms with Gasteiger partial charge in [0.1, 0.15) is 11.9 Å². The van der Waals surface area contributed by atoms with Crippen molar-refractivity contribution in [2.24, 2.45) is 5.10 Å². The average Bonchev–Trinajstić information content (AvgIpc) is 2.77. The SMILES string of the molecule is CCCOc1ccc([N+](=O)[O-])cc1[C@H]1Nc2ccccc2[C@@H]2C(=O)NC(SCC)=NN12. The fraction of sp³-hybridized carbons (Fsp3) is 0.333. The molecule has 0 fully saturated rings. The number of rotatable bonds is 6. The number of nitrogens with zero attached hydrogens (tertiary/aromatic N) is 3. The van der Waals surface area contributed by atoms with Crippen molar-refractivity contribution in [1.82, 2.24) is 10.3 Å². The van der Waals surface area contributed by atoms with Gasteiger partial charge in [-0.25, -0.2) is 0 Å². The maximum atomic E-state index is 13.1. The van der Waals surface area contributed by atoms with E-state index in [2.05, 4.69) is 15.7 Å². The third-order valence-electron chi connectivity index (χ3n) is 5.00. The van der Waals surface area contributed by atoms with Crippen LogP contribution in [0.15, 0.2) is 47.6 Å². The Morgan fingerprint density at radius 2 is 2.03 bits per heavy atom. The number of hydrogen-bond donors (Lipinski definition) is 2. The maximum Gasteiger partial charge on any atom is 0.270 e. The number of amides is 1. The molecule has 162 valence electrons. The molecule has 31 heavy (non-hydrogen) atoms. The number of non-ortho nitro benzene ring substituents is 1. The van der Waals surface area contributed by atoms with E-state index in [0.717, 1.165) is 23.4 Å². The number of hydrazone groups is 1. The van der Waals surface area contributed by atoms with Crippen molar-refractivity contribution in [2.75, 3.05) is 17.7 Å². The normalized spacial score (nSPS) is 19.5. The summed E-state index contributed by atoms with van der Waals surface area (Å²) in [6, 6.07) is 11.4. The second-order valence-electron chi connectivity index (χ2n) is 7.07. The van der Waals surface area contributed by atoms with Gasteiger partial charge >= 0.3 is 0 Å². The molecule has 0 unspecified atom stereocenters. The van der Waals surface area contributed by atoms with Crippen LogP contribution in [-0.4, -0.2) is 33.4 Å². The molecule has 0 aromatic heterocycles. The van der Waals surface area contributed by atoms with Gasteiger partial charge in [-0.1, -0.05) is 43.8 Å². The summed E-state index contributed by atoms with van der Waals surface area (Å²) in [6.07, 6.45) is 0.173. The Kier molecular flexibility index (Phi) is 5.99. The van der Waals surface area contributed by atoms with Crippen molar-refractivity contribution in [2.45, 2.75) is 32.5 Å². The van der Waals surface area contributed by atoms with Crippen LogP contribution >= 0.6 is 11.8 Å². The Hall–Kier alpha value is -3.27. The molecule has 1 amide bonds. The first-order chi connectivity index (χ1) is 15.0. The zero-order valence-electron chi connectivity index (χ0n) is 17.2. The molecular formula is C21H23N5O4S. The predicted molar refractivity (Wildman–Crippen MR) is 120 cm³/mol. The van der Waals surface area contributed by atoms with Crippen molar-refractivity contribution in [3.8, 4) is 5.75 Å². The highest BCUT2D eigenvalue weighted by molar-refractivity contribution is 8.13. The van der Waals surface area contributed by atoms with Crippen LogP contribution in [0.4, 0.5) is 11.4 Å². The third kappa shape index (κ3) is 4.02. The molecule has 0 bridgehead atoms. The summed E-state index contributed by atoms with van der Waals surface area (Å²) in [6.45, 7) is 4.44. The molecule has 2 aliphatic heterocycles. The van der Waals surface area contributed by atoms with E-state index in [1.54, 1.807) is 11.1 Å². The van der Waals surface area contributed by atoms with E-state index in [9.17, 15) is 14.9 Å². The molecule has 2 heterocycles. The molecule has 0 saturated heterocycles. The van der Waals surface area contributed by atoms with Gasteiger partial charge in [0.15, 0.2) is 11.2 Å². The lowest BCUT2D eigenvalue weighted by Crippen LogP contribution is -2.51. The maximum absolute atomic E-state index is 13.1. The van der Waals surface area contributed by atoms with Gasteiger partial charge in [0.05, 0.1) is 11.5 Å². The van der Waals surface area contributed by atoms with Crippen LogP contribution in [0.1, 0.15) is 43.6 Å². The minimum Gasteiger partial charge on any atom is -0.493 e. The van der Waals surface area contributed by atoms with Gasteiger partial charge in [-0.15, -0.1) is 5.10 Å². The summed E-state index contributed by atoms with van der Waals surface area (Å²) in [7, 11) is 0. The highest BCUT2D eigenvalue weighted by atomic mass is 32.2. The van der Waals surface area contributed by atoms with Crippen LogP contribution < -0.4 is 15.4 Å². The van der Waals surface area contributed by atoms with Crippen LogP contribution in [-0.2, 0) is 4.79 Å². The fourth-order valence-corrected chi connectivity index (χ4v) is 4.28. The third-order valence-corrected chi connectivity index (χ3v) is 5.75. The average molecular weight is 442 g/mol. The summed E-state index contributed by atoms with van der Waals surface area (Å²) >= 11 is 1.43. The number of carbonyl (C=O) groups excluding carboxylic acids is 1. The number of nitro benzene ring substituents is 1. The number of anilines is 1. The lowest BCUT2D eigenvalue weighted by Gasteiger charge is -2.43. The van der Waals surface area contributed by atoms with Gasteiger partial charge in [0, 0.05) is 28.9 Å². The number of fused-ring (bicyclic) bond motifs is 3. The van der Waals surface area contributed by atoms with Gasteiger partial charge in [-0.3, -0.25) is 19.9 Å². The molecule has 0 saturated carbocycles. The predicted octanol–water partition coefficient (Wildman–Crippen LogP) is 4.00. The number of para-hydroxylation sites is 1. The van der Waals surface area contributed by atoms with E-state index >= 15 is 0 Å². The van der Waals surface area contributed by atoms with Gasteiger partial charge in [-0.05, 0) is 24.3 Å². The quantitative estimate of drug-likeness (QED) is 0.515. The van der Waals surface area contributed by atoms with Crippen molar-refractivity contribution in [1.29, 1.82) is 0 Å². The number of thioether (sulfide) groups is 1. The lowest BCUT2D eigenvalue weighted by molar-refractivity contribution is -0.385. The van der Waals surface area contributed by atoms with E-state index in [0.29, 0.717) is 23.1 Å². The summed E-state index contributed by atoms with van der Waals surface area (Å²) < 4.78 is 5.90. The van der Waals surface area contributed by atoms with Gasteiger partial charge in [-0.2, -0.15) is 0 Å². The van der Waals surface area contributed by atoms with Crippen molar-refractivity contribution >= 4 is 34.2 Å². The molecule has 0 spiro atoms. The van der Waals surface area contributed by atoms with E-state index in [1.165, 1.54) is 23.9 Å². The first-order valence-corrected chi connectivity index (χ1v) is 11.1. The summed E-state index contributed by atoms with van der Waals surface area (Å²) in [5.41, 5.74) is 2.08. The van der Waals surface area contributed by atoms with Crippen LogP contribution in [0.2, 0.25) is 0 Å². The van der Waals surface area contributed by atoms with Crippen LogP contribution in [0, 0.1) is 10.1 Å². The second-order valence-corrected chi connectivity index (χ2v) is 8.32. The lowest BCUT2D eigenvalue weighted by atomic mass is 9.96. The summed E-state index contributed by atoms with van der Waals surface area (Å²) in [5, 5.41) is 24.6. The Balaban J connectivity index is 1.87. The first-order valence-electron chi connectivity index (χ1n) is 10.1. The monoisotopic (exact) mass is 441 g/mol. The summed E-state index contributed by atoms with van der Waals surface area (Å²) in [4.78, 5) is 24.1. The summed E-state index contributed by atoms with van der Waals surface area (Å²) in [5.74, 6) is 1.08. The molecule has 9 nitrogen and oxygen atoms in total. The molecule has 2 atom stereocenters. The van der Waals surface area contributed by atoms with E-state index in [4.69, 9.17) is 4.74 Å². The molecule has 2 aromatic rings. The van der Waals surface area contributed by atoms with Crippen molar-refractivity contribution < 1.29 is 14.5 Å². The first kappa shape index (κ1) is 21.0. The topological polar surface area (TPSA) is 109 Å². The molecule has 0 radical (unpaired) electrons. The Morgan fingerprint density at radius 3 is 2.77 bits per heavy atom. The molecule has 4 rings (SSSR count). The number of nitrogens with one attached hydrogen (secondary N) is 2. The molecule has 2 aliphatic rings. The molecule has 2 aromatic carbocycles. The van der Waals surface area contributed by atoms with Crippen LogP contribution in [0.3, 0.4) is 0 Å². The highest BCUT2D eigenvalue weighted by Gasteiger charge is 2.43. The van der Waals surface area contributed by atoms with Gasteiger partial charge in [0.2, 0.25) is 0 Å². The number of nitro groups is 1. The number of hydrogen-bond acceptors (Lipinski definition) is 8. The van der Waals surface area contributed by atoms with E-state index in [1.807, 2.05) is 38.1 Å². The molecule has 2 N–H and O–H groups in total. The minimum atomic E-state index is -0.665. The van der Waals surface area contributed by atoms with Crippen LogP contribution in [0.25, 0.3) is 0 Å². The smallest absolute Gasteiger partial charge is 0.270 e. The largest absolute Gasteiger partial charge is 0.493 e. The Bertz CT molecular complexity index is 1040. The fourth-order valence-electron chi connectivity index (χ4n) is 3.68. The van der Waals surface area contributed by atoms with Gasteiger partial charge in [0.25, 0.3) is 11.6 Å². The second kappa shape index (κ2) is 8.84. The Labute approximate surface area is 184 Å². The molecular weight excluding hydrogens is 418 g/mol. The van der Waals surface area contributed by atoms with Gasteiger partial charge < -0.3 is 15.4 Å². The molecule has 10 heteroatoms. The zero-order valence-corrected chi connectivity index (χ0v) is 18.0. The minimum absolute atomic E-state index is 0.0512. The van der Waals surface area contributed by atoms with E-state index in [-0.39, 0.29) is 11.6 Å².